The quantitative estimate of drug-likeness (QED) is 0.292. The van der Waals surface area contributed by atoms with Gasteiger partial charge in [-0.2, -0.15) is 22.6 Å². The highest BCUT2D eigenvalue weighted by molar-refractivity contribution is 7.99. The Labute approximate surface area is 244 Å². The molecule has 13 heteroatoms. The monoisotopic (exact) mass is 615 g/mol. The highest BCUT2D eigenvalue weighted by Crippen LogP contribution is 2.40. The van der Waals surface area contributed by atoms with Gasteiger partial charge in [-0.15, -0.1) is 11.8 Å². The molecule has 2 N–H and O–H groups in total. The zero-order chi connectivity index (χ0) is 29.2. The van der Waals surface area contributed by atoms with Gasteiger partial charge in [0, 0.05) is 66.1 Å². The minimum atomic E-state index is -4.49. The molecule has 0 amide bonds. The molecule has 1 aromatic heterocycles. The van der Waals surface area contributed by atoms with Gasteiger partial charge in [0.2, 0.25) is 10.0 Å². The summed E-state index contributed by atoms with van der Waals surface area (Å²) in [5.74, 6) is 0.500. The van der Waals surface area contributed by atoms with Crippen LogP contribution in [0.4, 0.5) is 13.2 Å². The summed E-state index contributed by atoms with van der Waals surface area (Å²) in [6.07, 6.45) is 3.24. The number of likely N-dealkylation sites (tertiary alicyclic amines) is 1. The highest BCUT2D eigenvalue weighted by Gasteiger charge is 2.35. The Bertz CT molecular complexity index is 1310. The summed E-state index contributed by atoms with van der Waals surface area (Å²) < 4.78 is 69.8. The van der Waals surface area contributed by atoms with Crippen molar-refractivity contribution < 1.29 is 26.7 Å². The van der Waals surface area contributed by atoms with Crippen LogP contribution >= 0.6 is 11.8 Å². The summed E-state index contributed by atoms with van der Waals surface area (Å²) in [5, 5.41) is 19.1. The summed E-state index contributed by atoms with van der Waals surface area (Å²) in [6.45, 7) is 3.68. The molecule has 2 aliphatic heterocycles. The van der Waals surface area contributed by atoms with Crippen molar-refractivity contribution in [2.75, 3.05) is 44.7 Å². The second-order valence-electron chi connectivity index (χ2n) is 11.5. The largest absolute Gasteiger partial charge is 0.417 e. The maximum Gasteiger partial charge on any atom is 0.417 e. The number of rotatable bonds is 11. The number of sulfonamides is 1. The number of aromatic nitrogens is 2. The van der Waals surface area contributed by atoms with Gasteiger partial charge in [-0.25, -0.2) is 8.42 Å². The summed E-state index contributed by atoms with van der Waals surface area (Å²) in [6, 6.07) is 4.51. The number of hydrogen-bond donors (Lipinski definition) is 2. The topological polar surface area (TPSA) is 90.7 Å². The van der Waals surface area contributed by atoms with Crippen LogP contribution in [0.25, 0.3) is 11.3 Å². The predicted molar refractivity (Wildman–Crippen MR) is 154 cm³/mol. The lowest BCUT2D eigenvalue weighted by Gasteiger charge is -2.26. The van der Waals surface area contributed by atoms with Crippen molar-refractivity contribution in [3.8, 4) is 11.3 Å². The summed E-state index contributed by atoms with van der Waals surface area (Å²) in [5.41, 5.74) is 1.83. The highest BCUT2D eigenvalue weighted by atomic mass is 32.2. The standard InChI is InChI=1S/C28H40F3N5O3S2/c1-41(38,39)35-14-10-25-23(19-35)27(33-36(25)18-22(37)17-34-12-4-5-13-34)20-8-9-24(28(29,30)31)26(16-20)40-15-11-32-21-6-2-3-7-21/h8-9,16,21-22,32,37H,2-7,10-15,17-19H2,1H3. The lowest BCUT2D eigenvalue weighted by Crippen LogP contribution is -2.37. The van der Waals surface area contributed by atoms with Crippen molar-refractivity contribution in [2.45, 2.75) is 81.3 Å². The Hall–Kier alpha value is -1.64. The van der Waals surface area contributed by atoms with Gasteiger partial charge >= 0.3 is 6.18 Å². The van der Waals surface area contributed by atoms with E-state index in [2.05, 4.69) is 10.2 Å². The van der Waals surface area contributed by atoms with Gasteiger partial charge in [-0.3, -0.25) is 4.68 Å². The van der Waals surface area contributed by atoms with E-state index in [1.54, 1.807) is 4.68 Å². The molecule has 1 atom stereocenters. The molecule has 1 unspecified atom stereocenters. The fraction of sp³-hybridized carbons (Fsp3) is 0.679. The number of thioether (sulfide) groups is 1. The van der Waals surface area contributed by atoms with Crippen molar-refractivity contribution in [2.24, 2.45) is 0 Å². The van der Waals surface area contributed by atoms with E-state index in [9.17, 15) is 26.7 Å². The predicted octanol–water partition coefficient (Wildman–Crippen LogP) is 3.97. The van der Waals surface area contributed by atoms with Crippen molar-refractivity contribution in [3.05, 3.63) is 35.0 Å². The van der Waals surface area contributed by atoms with Crippen molar-refractivity contribution in [3.63, 3.8) is 0 Å². The molecular formula is C28H40F3N5O3S2. The number of β-amino-alcohol motifs (C(OH)–C–C–N with tert-alkyl or cyclic N) is 1. The van der Waals surface area contributed by atoms with E-state index in [4.69, 9.17) is 5.10 Å². The first-order valence-electron chi connectivity index (χ1n) is 14.5. The van der Waals surface area contributed by atoms with Gasteiger partial charge < -0.3 is 15.3 Å². The smallest absolute Gasteiger partial charge is 0.390 e. The van der Waals surface area contributed by atoms with Crippen LogP contribution in [0, 0.1) is 0 Å². The lowest BCUT2D eigenvalue weighted by atomic mass is 10.0. The fourth-order valence-electron chi connectivity index (χ4n) is 6.23. The van der Waals surface area contributed by atoms with Gasteiger partial charge in [0.05, 0.1) is 30.2 Å². The molecule has 0 radical (unpaired) electrons. The molecule has 1 saturated carbocycles. The van der Waals surface area contributed by atoms with Crippen LogP contribution in [0.15, 0.2) is 23.1 Å². The minimum absolute atomic E-state index is 0.0977. The number of nitrogens with one attached hydrogen (secondary N) is 1. The Balaban J connectivity index is 1.43. The van der Waals surface area contributed by atoms with Gasteiger partial charge in [0.1, 0.15) is 0 Å². The molecule has 3 heterocycles. The van der Waals surface area contributed by atoms with Crippen LogP contribution in [0.3, 0.4) is 0 Å². The van der Waals surface area contributed by atoms with Gasteiger partial charge in [-0.05, 0) is 50.9 Å². The Morgan fingerprint density at radius 2 is 1.85 bits per heavy atom. The average Bonchev–Trinajstić information content (AvgIpc) is 3.68. The number of benzene rings is 1. The van der Waals surface area contributed by atoms with Gasteiger partial charge in [-0.1, -0.05) is 18.9 Å². The molecule has 41 heavy (non-hydrogen) atoms. The normalized spacial score (nSPS) is 20.1. The number of aliphatic hydroxyl groups excluding tert-OH is 1. The SMILES string of the molecule is CS(=O)(=O)N1CCc2c(c(-c3ccc(C(F)(F)F)c(SCCNC4CCCC4)c3)nn2CC(O)CN2CCCC2)C1. The van der Waals surface area contributed by atoms with Crippen molar-refractivity contribution >= 4 is 21.8 Å². The van der Waals surface area contributed by atoms with Crippen LogP contribution in [-0.2, 0) is 35.7 Å². The molecule has 1 saturated heterocycles. The number of alkyl halides is 3. The van der Waals surface area contributed by atoms with Crippen molar-refractivity contribution in [1.29, 1.82) is 0 Å². The van der Waals surface area contributed by atoms with Crippen LogP contribution < -0.4 is 5.32 Å². The van der Waals surface area contributed by atoms with Crippen LogP contribution in [0.1, 0.15) is 55.3 Å². The molecule has 8 nitrogen and oxygen atoms in total. The summed E-state index contributed by atoms with van der Waals surface area (Å²) in [4.78, 5) is 2.35. The summed E-state index contributed by atoms with van der Waals surface area (Å²) >= 11 is 1.17. The van der Waals surface area contributed by atoms with E-state index < -0.39 is 27.9 Å². The molecule has 0 bridgehead atoms. The van der Waals surface area contributed by atoms with Crippen LogP contribution in [0.5, 0.6) is 0 Å². The molecule has 3 aliphatic rings. The third kappa shape index (κ3) is 7.66. The number of nitrogens with zero attached hydrogens (tertiary/aromatic N) is 4. The Kier molecular flexibility index (Phi) is 9.71. The van der Waals surface area contributed by atoms with Crippen LogP contribution in [0.2, 0.25) is 0 Å². The number of halogens is 3. The Morgan fingerprint density at radius 3 is 2.54 bits per heavy atom. The van der Waals surface area contributed by atoms with E-state index in [-0.39, 0.29) is 18.0 Å². The maximum absolute atomic E-state index is 14.0. The molecule has 0 spiro atoms. The van der Waals surface area contributed by atoms with E-state index >= 15 is 0 Å². The van der Waals surface area contributed by atoms with Crippen LogP contribution in [-0.4, -0.2) is 89.4 Å². The average molecular weight is 616 g/mol. The van der Waals surface area contributed by atoms with E-state index in [0.29, 0.717) is 54.7 Å². The molecule has 5 rings (SSSR count). The Morgan fingerprint density at radius 1 is 1.12 bits per heavy atom. The second-order valence-corrected chi connectivity index (χ2v) is 14.6. The second kappa shape index (κ2) is 12.9. The van der Waals surface area contributed by atoms with E-state index in [0.717, 1.165) is 56.8 Å². The first kappa shape index (κ1) is 30.8. The third-order valence-electron chi connectivity index (χ3n) is 8.33. The van der Waals surface area contributed by atoms with Gasteiger partial charge in [0.25, 0.3) is 0 Å². The first-order chi connectivity index (χ1) is 19.5. The third-order valence-corrected chi connectivity index (χ3v) is 10.6. The molecule has 2 fully saturated rings. The molecule has 2 aromatic rings. The lowest BCUT2D eigenvalue weighted by molar-refractivity contribution is -0.139. The first-order valence-corrected chi connectivity index (χ1v) is 17.3. The molecule has 228 valence electrons. The van der Waals surface area contributed by atoms with E-state index in [1.165, 1.54) is 41.0 Å². The molecule has 1 aliphatic carbocycles. The van der Waals surface area contributed by atoms with Gasteiger partial charge in [0.15, 0.2) is 0 Å². The number of fused-ring (bicyclic) bond motifs is 1. The molecule has 1 aromatic carbocycles. The minimum Gasteiger partial charge on any atom is -0.390 e. The van der Waals surface area contributed by atoms with E-state index in [1.807, 2.05) is 0 Å². The number of hydrogen-bond acceptors (Lipinski definition) is 7. The fourth-order valence-corrected chi connectivity index (χ4v) is 8.01. The molecular weight excluding hydrogens is 575 g/mol. The van der Waals surface area contributed by atoms with Crippen molar-refractivity contribution in [1.82, 2.24) is 24.3 Å². The zero-order valence-corrected chi connectivity index (χ0v) is 25.1. The number of aliphatic hydroxyl groups is 1. The summed E-state index contributed by atoms with van der Waals surface area (Å²) in [7, 11) is -3.47. The maximum atomic E-state index is 14.0. The zero-order valence-electron chi connectivity index (χ0n) is 23.5.